The summed E-state index contributed by atoms with van der Waals surface area (Å²) in [5, 5.41) is 0. The van der Waals surface area contributed by atoms with E-state index in [0.717, 1.165) is 23.4 Å². The minimum atomic E-state index is 0.683. The third kappa shape index (κ3) is 3.68. The summed E-state index contributed by atoms with van der Waals surface area (Å²) in [5.74, 6) is 1.43. The maximum absolute atomic E-state index is 5.85. The van der Waals surface area contributed by atoms with E-state index in [1.807, 2.05) is 6.07 Å². The van der Waals surface area contributed by atoms with Crippen LogP contribution in [0.25, 0.3) is 0 Å². The van der Waals surface area contributed by atoms with Gasteiger partial charge in [-0.25, -0.2) is 0 Å². The summed E-state index contributed by atoms with van der Waals surface area (Å²) in [5.41, 5.74) is 1.23. The van der Waals surface area contributed by atoms with E-state index in [0.29, 0.717) is 12.5 Å². The van der Waals surface area contributed by atoms with Crippen LogP contribution < -0.4 is 0 Å². The molecule has 2 heteroatoms. The third-order valence-electron chi connectivity index (χ3n) is 3.47. The van der Waals surface area contributed by atoms with Gasteiger partial charge in [0.05, 0.1) is 13.2 Å². The molecule has 0 saturated carbocycles. The molecule has 0 aromatic heterocycles. The highest BCUT2D eigenvalue weighted by Gasteiger charge is 2.18. The van der Waals surface area contributed by atoms with Crippen LogP contribution in [0.2, 0.25) is 0 Å². The van der Waals surface area contributed by atoms with Gasteiger partial charge in [0, 0.05) is 4.47 Å². The normalized spacial score (nSPS) is 23.9. The molecule has 0 saturated heterocycles. The number of hydrogen-bond donors (Lipinski definition) is 0. The Balaban J connectivity index is 1.80. The van der Waals surface area contributed by atoms with E-state index in [-0.39, 0.29) is 0 Å². The fraction of sp³-hybridized carbons (Fsp3) is 0.467. The molecule has 0 N–H and O–H groups in total. The molecule has 17 heavy (non-hydrogen) atoms. The molecule has 0 radical (unpaired) electrons. The van der Waals surface area contributed by atoms with Crippen LogP contribution >= 0.6 is 15.9 Å². The van der Waals surface area contributed by atoms with Crippen molar-refractivity contribution in [2.45, 2.75) is 26.4 Å². The molecule has 1 aliphatic rings. The first-order chi connectivity index (χ1) is 8.27. The summed E-state index contributed by atoms with van der Waals surface area (Å²) < 4.78 is 6.98. The van der Waals surface area contributed by atoms with Crippen molar-refractivity contribution in [2.24, 2.45) is 11.8 Å². The maximum atomic E-state index is 5.85. The number of allylic oxidation sites excluding steroid dienone is 2. The fourth-order valence-electron chi connectivity index (χ4n) is 2.17. The molecule has 1 aliphatic carbocycles. The second-order valence-electron chi connectivity index (χ2n) is 4.79. The molecule has 1 aromatic carbocycles. The number of rotatable bonds is 4. The Bertz CT molecular complexity index is 386. The molecule has 0 fully saturated rings. The van der Waals surface area contributed by atoms with Crippen LogP contribution in [0.4, 0.5) is 0 Å². The molecule has 92 valence electrons. The lowest BCUT2D eigenvalue weighted by Gasteiger charge is -2.25. The highest BCUT2D eigenvalue weighted by atomic mass is 79.9. The second kappa shape index (κ2) is 6.36. The molecule has 2 atom stereocenters. The first-order valence-electron chi connectivity index (χ1n) is 6.23. The zero-order chi connectivity index (χ0) is 12.1. The Morgan fingerprint density at radius 2 is 2.00 bits per heavy atom. The molecule has 0 aliphatic heterocycles. The lowest BCUT2D eigenvalue weighted by Crippen LogP contribution is -2.19. The third-order valence-corrected chi connectivity index (χ3v) is 4.24. The SMILES string of the molecule is CC1CC=CCC1COCc1ccccc1Br. The average molecular weight is 295 g/mol. The summed E-state index contributed by atoms with van der Waals surface area (Å²) in [6, 6.07) is 8.25. The lowest BCUT2D eigenvalue weighted by atomic mass is 9.85. The van der Waals surface area contributed by atoms with Gasteiger partial charge in [0.25, 0.3) is 0 Å². The zero-order valence-electron chi connectivity index (χ0n) is 10.2. The predicted molar refractivity (Wildman–Crippen MR) is 74.8 cm³/mol. The van der Waals surface area contributed by atoms with Crippen LogP contribution in [0.15, 0.2) is 40.9 Å². The van der Waals surface area contributed by atoms with E-state index in [1.165, 1.54) is 12.0 Å². The lowest BCUT2D eigenvalue weighted by molar-refractivity contribution is 0.0677. The Morgan fingerprint density at radius 1 is 1.24 bits per heavy atom. The van der Waals surface area contributed by atoms with Gasteiger partial charge in [-0.1, -0.05) is 53.2 Å². The van der Waals surface area contributed by atoms with Gasteiger partial charge < -0.3 is 4.74 Å². The van der Waals surface area contributed by atoms with Crippen molar-refractivity contribution >= 4 is 15.9 Å². The van der Waals surface area contributed by atoms with Gasteiger partial charge in [0.2, 0.25) is 0 Å². The molecular weight excluding hydrogens is 276 g/mol. The quantitative estimate of drug-likeness (QED) is 0.739. The van der Waals surface area contributed by atoms with Gasteiger partial charge in [0.15, 0.2) is 0 Å². The molecule has 2 unspecified atom stereocenters. The summed E-state index contributed by atoms with van der Waals surface area (Å²) in [6.45, 7) is 3.89. The molecule has 1 nitrogen and oxygen atoms in total. The molecule has 0 spiro atoms. The fourth-order valence-corrected chi connectivity index (χ4v) is 2.57. The van der Waals surface area contributed by atoms with Crippen LogP contribution in [0.5, 0.6) is 0 Å². The number of ether oxygens (including phenoxy) is 1. The molecule has 0 heterocycles. The first kappa shape index (κ1) is 12.8. The zero-order valence-corrected chi connectivity index (χ0v) is 11.8. The number of hydrogen-bond acceptors (Lipinski definition) is 1. The first-order valence-corrected chi connectivity index (χ1v) is 7.03. The van der Waals surface area contributed by atoms with Gasteiger partial charge in [0.1, 0.15) is 0 Å². The highest BCUT2D eigenvalue weighted by Crippen LogP contribution is 2.25. The molecule has 1 aromatic rings. The molecule has 0 bridgehead atoms. The maximum Gasteiger partial charge on any atom is 0.0727 e. The van der Waals surface area contributed by atoms with E-state index in [1.54, 1.807) is 0 Å². The van der Waals surface area contributed by atoms with E-state index in [9.17, 15) is 0 Å². The summed E-state index contributed by atoms with van der Waals surface area (Å²) in [6.07, 6.45) is 6.93. The molecular formula is C15H19BrO. The van der Waals surface area contributed by atoms with Gasteiger partial charge in [-0.05, 0) is 36.3 Å². The van der Waals surface area contributed by atoms with Gasteiger partial charge in [-0.15, -0.1) is 0 Å². The largest absolute Gasteiger partial charge is 0.376 e. The van der Waals surface area contributed by atoms with Crippen LogP contribution in [-0.2, 0) is 11.3 Å². The number of halogens is 1. The van der Waals surface area contributed by atoms with E-state index in [4.69, 9.17) is 4.74 Å². The average Bonchev–Trinajstić information content (AvgIpc) is 2.34. The molecule has 2 rings (SSSR count). The Hall–Kier alpha value is -0.600. The van der Waals surface area contributed by atoms with Gasteiger partial charge in [-0.2, -0.15) is 0 Å². The number of benzene rings is 1. The van der Waals surface area contributed by atoms with E-state index in [2.05, 4.69) is 53.2 Å². The summed E-state index contributed by atoms with van der Waals surface area (Å²) >= 11 is 3.54. The van der Waals surface area contributed by atoms with Crippen molar-refractivity contribution < 1.29 is 4.74 Å². The van der Waals surface area contributed by atoms with Gasteiger partial charge >= 0.3 is 0 Å². The standard InChI is InChI=1S/C15H19BrO/c1-12-6-2-3-7-13(12)10-17-11-14-8-4-5-9-15(14)16/h2-5,8-9,12-13H,6-7,10-11H2,1H3. The van der Waals surface area contributed by atoms with Crippen LogP contribution in [0.1, 0.15) is 25.3 Å². The van der Waals surface area contributed by atoms with Crippen molar-refractivity contribution in [3.8, 4) is 0 Å². The summed E-state index contributed by atoms with van der Waals surface area (Å²) in [7, 11) is 0. The van der Waals surface area contributed by atoms with Crippen LogP contribution in [-0.4, -0.2) is 6.61 Å². The van der Waals surface area contributed by atoms with Crippen molar-refractivity contribution in [3.05, 3.63) is 46.5 Å². The Labute approximate surface area is 112 Å². The van der Waals surface area contributed by atoms with Crippen LogP contribution in [0, 0.1) is 11.8 Å². The molecule has 0 amide bonds. The topological polar surface area (TPSA) is 9.23 Å². The van der Waals surface area contributed by atoms with Gasteiger partial charge in [-0.3, -0.25) is 0 Å². The predicted octanol–water partition coefficient (Wildman–Crippen LogP) is 4.57. The van der Waals surface area contributed by atoms with Crippen molar-refractivity contribution in [1.82, 2.24) is 0 Å². The van der Waals surface area contributed by atoms with Crippen molar-refractivity contribution in [1.29, 1.82) is 0 Å². The minimum absolute atomic E-state index is 0.683. The Kier molecular flexibility index (Phi) is 4.81. The smallest absolute Gasteiger partial charge is 0.0727 e. The van der Waals surface area contributed by atoms with Crippen LogP contribution in [0.3, 0.4) is 0 Å². The monoisotopic (exact) mass is 294 g/mol. The minimum Gasteiger partial charge on any atom is -0.376 e. The second-order valence-corrected chi connectivity index (χ2v) is 5.64. The van der Waals surface area contributed by atoms with Crippen molar-refractivity contribution in [3.63, 3.8) is 0 Å². The Morgan fingerprint density at radius 3 is 2.76 bits per heavy atom. The summed E-state index contributed by atoms with van der Waals surface area (Å²) in [4.78, 5) is 0. The van der Waals surface area contributed by atoms with Crippen molar-refractivity contribution in [2.75, 3.05) is 6.61 Å². The van der Waals surface area contributed by atoms with E-state index < -0.39 is 0 Å². The van der Waals surface area contributed by atoms with E-state index >= 15 is 0 Å². The highest BCUT2D eigenvalue weighted by molar-refractivity contribution is 9.10.